The van der Waals surface area contributed by atoms with Crippen LogP contribution in [0.4, 0.5) is 0 Å². The van der Waals surface area contributed by atoms with Gasteiger partial charge in [-0.25, -0.2) is 13.2 Å². The first-order valence-corrected chi connectivity index (χ1v) is 8.38. The first-order chi connectivity index (χ1) is 8.79. The zero-order valence-corrected chi connectivity index (χ0v) is 11.8. The van der Waals surface area contributed by atoms with E-state index in [0.29, 0.717) is 0 Å². The lowest BCUT2D eigenvalue weighted by Gasteiger charge is -2.12. The monoisotopic (exact) mass is 303 g/mol. The van der Waals surface area contributed by atoms with Gasteiger partial charge in [-0.1, -0.05) is 0 Å². The van der Waals surface area contributed by atoms with Gasteiger partial charge in [-0.05, 0) is 24.8 Å². The number of hydrogen-bond acceptors (Lipinski definition) is 5. The van der Waals surface area contributed by atoms with Crippen molar-refractivity contribution < 1.29 is 23.1 Å². The Morgan fingerprint density at radius 3 is 2.53 bits per heavy atom. The van der Waals surface area contributed by atoms with Crippen LogP contribution in [0.15, 0.2) is 15.7 Å². The Labute approximate surface area is 114 Å². The zero-order chi connectivity index (χ0) is 14.2. The van der Waals surface area contributed by atoms with Gasteiger partial charge in [0, 0.05) is 11.6 Å². The Bertz CT molecular complexity index is 615. The largest absolute Gasteiger partial charge is 0.480 e. The third-order valence-electron chi connectivity index (χ3n) is 2.85. The molecular formula is C11H13NO5S2. The van der Waals surface area contributed by atoms with E-state index in [1.165, 1.54) is 11.4 Å². The highest BCUT2D eigenvalue weighted by Gasteiger charge is 2.37. The third kappa shape index (κ3) is 3.32. The van der Waals surface area contributed by atoms with Gasteiger partial charge in [0.1, 0.15) is 10.3 Å². The van der Waals surface area contributed by atoms with Gasteiger partial charge in [0.05, 0.1) is 5.56 Å². The maximum absolute atomic E-state index is 11.9. The quantitative estimate of drug-likeness (QED) is 0.835. The van der Waals surface area contributed by atoms with Crippen LogP contribution in [-0.4, -0.2) is 37.7 Å². The third-order valence-corrected chi connectivity index (χ3v) is 5.62. The summed E-state index contributed by atoms with van der Waals surface area (Å²) in [5, 5.41) is 12.9. The molecule has 1 atom stereocenters. The fourth-order valence-corrected chi connectivity index (χ4v) is 3.46. The number of nitrogens with one attached hydrogen (secondary N) is 1. The molecule has 1 aromatic heterocycles. The van der Waals surface area contributed by atoms with Crippen molar-refractivity contribution in [1.82, 2.24) is 5.32 Å². The van der Waals surface area contributed by atoms with Crippen LogP contribution in [0.2, 0.25) is 0 Å². The molecule has 1 fully saturated rings. The van der Waals surface area contributed by atoms with Gasteiger partial charge < -0.3 is 10.4 Å². The lowest BCUT2D eigenvalue weighted by molar-refractivity contribution is -0.139. The topological polar surface area (TPSA) is 101 Å². The second-order valence-electron chi connectivity index (χ2n) is 4.55. The second-order valence-corrected chi connectivity index (χ2v) is 7.71. The van der Waals surface area contributed by atoms with Crippen molar-refractivity contribution in [1.29, 1.82) is 0 Å². The number of carboxylic acid groups (broad SMARTS) is 1. The summed E-state index contributed by atoms with van der Waals surface area (Å²) in [4.78, 5) is 22.9. The molecule has 19 heavy (non-hydrogen) atoms. The molecule has 0 spiro atoms. The lowest BCUT2D eigenvalue weighted by Crippen LogP contribution is -2.42. The van der Waals surface area contributed by atoms with Crippen LogP contribution < -0.4 is 5.32 Å². The average Bonchev–Trinajstić information content (AvgIpc) is 2.98. The van der Waals surface area contributed by atoms with Crippen LogP contribution >= 0.6 is 11.3 Å². The molecule has 1 amide bonds. The van der Waals surface area contributed by atoms with Crippen LogP contribution in [0, 0.1) is 5.92 Å². The Balaban J connectivity index is 2.11. The van der Waals surface area contributed by atoms with Crippen LogP contribution in [0.1, 0.15) is 23.2 Å². The van der Waals surface area contributed by atoms with E-state index in [1.807, 2.05) is 0 Å². The van der Waals surface area contributed by atoms with Crippen molar-refractivity contribution in [2.45, 2.75) is 23.1 Å². The molecule has 1 unspecified atom stereocenters. The molecular weight excluding hydrogens is 290 g/mol. The highest BCUT2D eigenvalue weighted by atomic mass is 32.2. The Hall–Kier alpha value is -1.41. The highest BCUT2D eigenvalue weighted by molar-refractivity contribution is 7.92. The van der Waals surface area contributed by atoms with E-state index in [0.717, 1.165) is 30.4 Å². The number of carbonyl (C=O) groups is 2. The Kier molecular flexibility index (Phi) is 3.64. The normalized spacial score (nSPS) is 16.9. The standard InChI is InChI=1S/C11H13NO5S2/c1-19(16,17)8-4-7(5-18-8)10(13)12-9(11(14)15)6-2-3-6/h4-6,9H,2-3H2,1H3,(H,12,13)(H,14,15). The molecule has 0 aliphatic heterocycles. The van der Waals surface area contributed by atoms with E-state index < -0.39 is 27.8 Å². The van der Waals surface area contributed by atoms with Crippen LogP contribution in [0.3, 0.4) is 0 Å². The molecule has 1 heterocycles. The minimum atomic E-state index is -3.34. The van der Waals surface area contributed by atoms with Crippen LogP contribution in [0.5, 0.6) is 0 Å². The first-order valence-electron chi connectivity index (χ1n) is 5.61. The summed E-state index contributed by atoms with van der Waals surface area (Å²) in [5.74, 6) is -1.63. The van der Waals surface area contributed by atoms with Crippen LogP contribution in [-0.2, 0) is 14.6 Å². The van der Waals surface area contributed by atoms with Crippen molar-refractivity contribution in [2.75, 3.05) is 6.26 Å². The van der Waals surface area contributed by atoms with Gasteiger partial charge in [-0.15, -0.1) is 11.3 Å². The number of sulfone groups is 1. The van der Waals surface area contributed by atoms with Crippen molar-refractivity contribution in [3.8, 4) is 0 Å². The fourth-order valence-electron chi connectivity index (χ4n) is 1.67. The van der Waals surface area contributed by atoms with Crippen molar-refractivity contribution >= 4 is 33.1 Å². The molecule has 2 N–H and O–H groups in total. The lowest BCUT2D eigenvalue weighted by atomic mass is 10.2. The smallest absolute Gasteiger partial charge is 0.326 e. The Morgan fingerprint density at radius 2 is 2.11 bits per heavy atom. The fraction of sp³-hybridized carbons (Fsp3) is 0.455. The summed E-state index contributed by atoms with van der Waals surface area (Å²) in [7, 11) is -3.34. The predicted octanol–water partition coefficient (Wildman–Crippen LogP) is 0.745. The van der Waals surface area contributed by atoms with E-state index in [9.17, 15) is 18.0 Å². The molecule has 0 saturated heterocycles. The molecule has 2 rings (SSSR count). The summed E-state index contributed by atoms with van der Waals surface area (Å²) in [6.07, 6.45) is 2.63. The van der Waals surface area contributed by atoms with Gasteiger partial charge in [-0.2, -0.15) is 0 Å². The van der Waals surface area contributed by atoms with Crippen LogP contribution in [0.25, 0.3) is 0 Å². The average molecular weight is 303 g/mol. The molecule has 0 aromatic carbocycles. The minimum absolute atomic E-state index is 0.0190. The minimum Gasteiger partial charge on any atom is -0.480 e. The van der Waals surface area contributed by atoms with Crippen molar-refractivity contribution in [3.63, 3.8) is 0 Å². The van der Waals surface area contributed by atoms with Gasteiger partial charge in [-0.3, -0.25) is 4.79 Å². The molecule has 0 bridgehead atoms. The van der Waals surface area contributed by atoms with Gasteiger partial charge in [0.25, 0.3) is 5.91 Å². The summed E-state index contributed by atoms with van der Waals surface area (Å²) >= 11 is 0.948. The van der Waals surface area contributed by atoms with E-state index in [2.05, 4.69) is 5.32 Å². The Morgan fingerprint density at radius 1 is 1.47 bits per heavy atom. The van der Waals surface area contributed by atoms with Gasteiger partial charge in [0.15, 0.2) is 9.84 Å². The molecule has 1 aliphatic rings. The first kappa shape index (κ1) is 14.0. The number of carbonyl (C=O) groups excluding carboxylic acids is 1. The van der Waals surface area contributed by atoms with E-state index in [1.54, 1.807) is 0 Å². The van der Waals surface area contributed by atoms with Crippen molar-refractivity contribution in [2.24, 2.45) is 5.92 Å². The SMILES string of the molecule is CS(=O)(=O)c1cc(C(=O)NC(C(=O)O)C2CC2)cs1. The number of amides is 1. The maximum Gasteiger partial charge on any atom is 0.326 e. The van der Waals surface area contributed by atoms with Gasteiger partial charge >= 0.3 is 5.97 Å². The molecule has 8 heteroatoms. The van der Waals surface area contributed by atoms with E-state index >= 15 is 0 Å². The molecule has 104 valence electrons. The molecule has 0 radical (unpaired) electrons. The summed E-state index contributed by atoms with van der Waals surface area (Å²) in [6.45, 7) is 0. The zero-order valence-electron chi connectivity index (χ0n) is 10.1. The number of aliphatic carboxylic acids is 1. The summed E-state index contributed by atoms with van der Waals surface area (Å²) in [5.41, 5.74) is 0.178. The maximum atomic E-state index is 11.9. The van der Waals surface area contributed by atoms with Gasteiger partial charge in [0.2, 0.25) is 0 Å². The van der Waals surface area contributed by atoms with Crippen molar-refractivity contribution in [3.05, 3.63) is 17.0 Å². The number of thiophene rings is 1. The number of carboxylic acids is 1. The van der Waals surface area contributed by atoms with E-state index in [-0.39, 0.29) is 15.7 Å². The summed E-state index contributed by atoms with van der Waals surface area (Å²) < 4.78 is 22.7. The molecule has 1 aliphatic carbocycles. The highest BCUT2D eigenvalue weighted by Crippen LogP contribution is 2.33. The second kappa shape index (κ2) is 4.93. The van der Waals surface area contributed by atoms with E-state index in [4.69, 9.17) is 5.11 Å². The number of rotatable bonds is 5. The molecule has 1 aromatic rings. The predicted molar refractivity (Wildman–Crippen MR) is 69.0 cm³/mol. The summed E-state index contributed by atoms with van der Waals surface area (Å²) in [6, 6.07) is 0.371. The molecule has 6 nitrogen and oxygen atoms in total. The number of hydrogen-bond donors (Lipinski definition) is 2. The molecule has 1 saturated carbocycles.